The molecule has 1 aromatic carbocycles. The van der Waals surface area contributed by atoms with Crippen molar-refractivity contribution in [1.82, 2.24) is 0 Å². The minimum absolute atomic E-state index is 0.816. The highest BCUT2D eigenvalue weighted by molar-refractivity contribution is 7.80. The fraction of sp³-hybridized carbons (Fsp3) is 0.500. The highest BCUT2D eigenvalue weighted by Gasteiger charge is 2.06. The Balaban J connectivity index is 2.80. The zero-order chi connectivity index (χ0) is 11.3. The number of methoxy groups -OCH3 is 1. The zero-order valence-electron chi connectivity index (χ0n) is 9.22. The summed E-state index contributed by atoms with van der Waals surface area (Å²) in [5.41, 5.74) is 2.25. The molecule has 0 N–H and O–H groups in total. The predicted molar refractivity (Wildman–Crippen MR) is 69.5 cm³/mol. The van der Waals surface area contributed by atoms with E-state index in [9.17, 15) is 0 Å². The van der Waals surface area contributed by atoms with Gasteiger partial charge in [0.2, 0.25) is 0 Å². The number of aryl methyl sites for hydroxylation is 2. The molecule has 0 aliphatic rings. The van der Waals surface area contributed by atoms with Crippen molar-refractivity contribution in [3.8, 4) is 5.75 Å². The van der Waals surface area contributed by atoms with Crippen LogP contribution in [-0.4, -0.2) is 12.9 Å². The second-order valence-corrected chi connectivity index (χ2v) is 4.45. The van der Waals surface area contributed by atoms with E-state index in [-0.39, 0.29) is 0 Å². The van der Waals surface area contributed by atoms with Crippen molar-refractivity contribution in [2.75, 3.05) is 12.9 Å². The van der Waals surface area contributed by atoms with Gasteiger partial charge in [0.25, 0.3) is 0 Å². The van der Waals surface area contributed by atoms with E-state index in [1.54, 1.807) is 7.11 Å². The van der Waals surface area contributed by atoms with E-state index in [4.69, 9.17) is 16.3 Å². The van der Waals surface area contributed by atoms with E-state index >= 15 is 0 Å². The Hall–Kier alpha value is -0.340. The second-order valence-electron chi connectivity index (χ2n) is 3.59. The number of hydrogen-bond acceptors (Lipinski definition) is 2. The van der Waals surface area contributed by atoms with Gasteiger partial charge in [0, 0.05) is 5.02 Å². The van der Waals surface area contributed by atoms with Crippen LogP contribution in [0.15, 0.2) is 12.1 Å². The van der Waals surface area contributed by atoms with Gasteiger partial charge in [0.05, 0.1) is 7.11 Å². The van der Waals surface area contributed by atoms with Crippen LogP contribution < -0.4 is 4.74 Å². The van der Waals surface area contributed by atoms with Gasteiger partial charge in [0.15, 0.2) is 0 Å². The minimum Gasteiger partial charge on any atom is -0.496 e. The van der Waals surface area contributed by atoms with Crippen LogP contribution in [-0.2, 0) is 6.42 Å². The molecule has 84 valence electrons. The third-order valence-electron chi connectivity index (χ3n) is 2.42. The summed E-state index contributed by atoms with van der Waals surface area (Å²) in [6.07, 6.45) is 3.25. The fourth-order valence-corrected chi connectivity index (χ4v) is 1.92. The quantitative estimate of drug-likeness (QED) is 0.610. The van der Waals surface area contributed by atoms with E-state index in [0.29, 0.717) is 0 Å². The summed E-state index contributed by atoms with van der Waals surface area (Å²) in [5.74, 6) is 1.87. The highest BCUT2D eigenvalue weighted by atomic mass is 35.5. The molecular weight excluding hydrogens is 228 g/mol. The Kier molecular flexibility index (Phi) is 5.34. The van der Waals surface area contributed by atoms with Gasteiger partial charge in [-0.05, 0) is 55.2 Å². The van der Waals surface area contributed by atoms with Crippen molar-refractivity contribution >= 4 is 24.2 Å². The van der Waals surface area contributed by atoms with E-state index in [2.05, 4.69) is 12.6 Å². The lowest BCUT2D eigenvalue weighted by molar-refractivity contribution is 0.408. The summed E-state index contributed by atoms with van der Waals surface area (Å²) in [4.78, 5) is 0. The summed E-state index contributed by atoms with van der Waals surface area (Å²) in [7, 11) is 1.70. The van der Waals surface area contributed by atoms with Gasteiger partial charge in [-0.25, -0.2) is 0 Å². The van der Waals surface area contributed by atoms with Crippen molar-refractivity contribution in [1.29, 1.82) is 0 Å². The summed E-state index contributed by atoms with van der Waals surface area (Å²) in [6.45, 7) is 1.99. The minimum atomic E-state index is 0.816. The van der Waals surface area contributed by atoms with Crippen LogP contribution in [0.3, 0.4) is 0 Å². The summed E-state index contributed by atoms with van der Waals surface area (Å²) in [6, 6.07) is 4.01. The van der Waals surface area contributed by atoms with Crippen molar-refractivity contribution in [3.63, 3.8) is 0 Å². The number of halogens is 1. The molecule has 0 fully saturated rings. The molecule has 0 saturated heterocycles. The molecule has 0 unspecified atom stereocenters. The van der Waals surface area contributed by atoms with Crippen LogP contribution in [0.2, 0.25) is 5.02 Å². The maximum absolute atomic E-state index is 6.08. The molecule has 0 amide bonds. The Labute approximate surface area is 102 Å². The lowest BCUT2D eigenvalue weighted by Crippen LogP contribution is -1.94. The van der Waals surface area contributed by atoms with Crippen LogP contribution >= 0.6 is 24.2 Å². The third kappa shape index (κ3) is 3.62. The van der Waals surface area contributed by atoms with E-state index in [1.807, 2.05) is 19.1 Å². The number of hydrogen-bond donors (Lipinski definition) is 1. The van der Waals surface area contributed by atoms with Crippen LogP contribution in [0.25, 0.3) is 0 Å². The van der Waals surface area contributed by atoms with Crippen molar-refractivity contribution in [3.05, 3.63) is 28.3 Å². The maximum Gasteiger partial charge on any atom is 0.122 e. The fourth-order valence-electron chi connectivity index (χ4n) is 1.51. The van der Waals surface area contributed by atoms with Crippen LogP contribution in [0, 0.1) is 6.92 Å². The number of unbranched alkanes of at least 4 members (excludes halogenated alkanes) is 1. The molecule has 1 nitrogen and oxygen atoms in total. The Morgan fingerprint density at radius 1 is 1.33 bits per heavy atom. The Morgan fingerprint density at radius 3 is 2.67 bits per heavy atom. The van der Waals surface area contributed by atoms with Crippen molar-refractivity contribution in [2.45, 2.75) is 26.2 Å². The highest BCUT2D eigenvalue weighted by Crippen LogP contribution is 2.27. The standard InChI is InChI=1S/C12H17ClOS/c1-9-7-12(14-2)10(8-11(9)13)5-3-4-6-15/h7-8,15H,3-6H2,1-2H3. The lowest BCUT2D eigenvalue weighted by atomic mass is 10.1. The molecule has 0 spiro atoms. The molecule has 0 heterocycles. The van der Waals surface area contributed by atoms with E-state index < -0.39 is 0 Å². The SMILES string of the molecule is COc1cc(C)c(Cl)cc1CCCCS. The smallest absolute Gasteiger partial charge is 0.122 e. The molecule has 3 heteroatoms. The van der Waals surface area contributed by atoms with Gasteiger partial charge >= 0.3 is 0 Å². The zero-order valence-corrected chi connectivity index (χ0v) is 10.9. The first-order valence-electron chi connectivity index (χ1n) is 5.13. The first kappa shape index (κ1) is 12.7. The molecule has 1 rings (SSSR count). The number of benzene rings is 1. The van der Waals surface area contributed by atoms with Gasteiger partial charge in [-0.3, -0.25) is 0 Å². The largest absolute Gasteiger partial charge is 0.496 e. The molecule has 0 aliphatic heterocycles. The molecule has 0 aromatic heterocycles. The predicted octanol–water partition coefficient (Wildman–Crippen LogP) is 3.91. The first-order chi connectivity index (χ1) is 7.19. The maximum atomic E-state index is 6.08. The third-order valence-corrected chi connectivity index (χ3v) is 3.14. The van der Waals surface area contributed by atoms with Crippen molar-refractivity contribution < 1.29 is 4.74 Å². The second kappa shape index (κ2) is 6.29. The van der Waals surface area contributed by atoms with Crippen molar-refractivity contribution in [2.24, 2.45) is 0 Å². The average molecular weight is 245 g/mol. The molecule has 0 radical (unpaired) electrons. The molecule has 0 saturated carbocycles. The first-order valence-corrected chi connectivity index (χ1v) is 6.14. The summed E-state index contributed by atoms with van der Waals surface area (Å²) >= 11 is 10.3. The normalized spacial score (nSPS) is 10.4. The molecule has 15 heavy (non-hydrogen) atoms. The van der Waals surface area contributed by atoms with Gasteiger partial charge < -0.3 is 4.74 Å². The van der Waals surface area contributed by atoms with Gasteiger partial charge in [-0.1, -0.05) is 11.6 Å². The molecular formula is C12H17ClOS. The molecule has 0 bridgehead atoms. The van der Waals surface area contributed by atoms with Crippen LogP contribution in [0.1, 0.15) is 24.0 Å². The van der Waals surface area contributed by atoms with E-state index in [1.165, 1.54) is 5.56 Å². The number of ether oxygens (including phenoxy) is 1. The van der Waals surface area contributed by atoms with E-state index in [0.717, 1.165) is 41.4 Å². The summed E-state index contributed by atoms with van der Waals surface area (Å²) in [5, 5.41) is 0.816. The lowest BCUT2D eigenvalue weighted by Gasteiger charge is -2.10. The number of thiol groups is 1. The van der Waals surface area contributed by atoms with Crippen LogP contribution in [0.5, 0.6) is 5.75 Å². The van der Waals surface area contributed by atoms with Gasteiger partial charge in [0.1, 0.15) is 5.75 Å². The molecule has 0 atom stereocenters. The Bertz CT molecular complexity index is 326. The van der Waals surface area contributed by atoms with Crippen LogP contribution in [0.4, 0.5) is 0 Å². The number of rotatable bonds is 5. The topological polar surface area (TPSA) is 9.23 Å². The van der Waals surface area contributed by atoms with Gasteiger partial charge in [-0.15, -0.1) is 0 Å². The monoisotopic (exact) mass is 244 g/mol. The molecule has 1 aromatic rings. The average Bonchev–Trinajstić information content (AvgIpc) is 2.23. The van der Waals surface area contributed by atoms with Gasteiger partial charge in [-0.2, -0.15) is 12.6 Å². The summed E-state index contributed by atoms with van der Waals surface area (Å²) < 4.78 is 5.33. The Morgan fingerprint density at radius 2 is 2.07 bits per heavy atom. The molecule has 0 aliphatic carbocycles.